The molecular weight excluding hydrogens is 467 g/mol. The second-order valence-corrected chi connectivity index (χ2v) is 12.2. The zero-order chi connectivity index (χ0) is 26.3. The molecule has 0 bridgehead atoms. The number of carboxylic acid groups (broad SMARTS) is 1. The summed E-state index contributed by atoms with van der Waals surface area (Å²) in [6, 6.07) is 6.73. The highest BCUT2D eigenvalue weighted by Gasteiger charge is 2.46. The number of carbonyl (C=O) groups is 1. The van der Waals surface area contributed by atoms with E-state index in [0.29, 0.717) is 5.92 Å². The van der Waals surface area contributed by atoms with Crippen LogP contribution in [0.1, 0.15) is 75.6 Å². The highest BCUT2D eigenvalue weighted by molar-refractivity contribution is 5.73. The minimum atomic E-state index is -0.758. The number of hydrogen-bond donors (Lipinski definition) is 1. The van der Waals surface area contributed by atoms with Gasteiger partial charge in [0.05, 0.1) is 6.20 Å². The van der Waals surface area contributed by atoms with Gasteiger partial charge in [0.25, 0.3) is 0 Å². The van der Waals surface area contributed by atoms with Crippen molar-refractivity contribution >= 4 is 5.97 Å². The molecule has 2 aromatic rings. The Hall–Kier alpha value is -2.25. The van der Waals surface area contributed by atoms with E-state index in [4.69, 9.17) is 0 Å². The second-order valence-electron chi connectivity index (χ2n) is 12.2. The number of piperidine rings is 1. The first-order chi connectivity index (χ1) is 17.7. The maximum atomic E-state index is 14.2. The molecule has 2 aliphatic carbocycles. The lowest BCUT2D eigenvalue weighted by Gasteiger charge is -2.41. The molecule has 2 fully saturated rings. The Balaban J connectivity index is 1.31. The van der Waals surface area contributed by atoms with Gasteiger partial charge in [0.2, 0.25) is 0 Å². The van der Waals surface area contributed by atoms with Crippen molar-refractivity contribution in [2.75, 3.05) is 26.7 Å². The lowest BCUT2D eigenvalue weighted by Crippen LogP contribution is -2.47. The van der Waals surface area contributed by atoms with Crippen LogP contribution in [0.25, 0.3) is 0 Å². The van der Waals surface area contributed by atoms with Crippen LogP contribution < -0.4 is 0 Å². The third kappa shape index (κ3) is 4.97. The van der Waals surface area contributed by atoms with E-state index in [1.165, 1.54) is 36.6 Å². The molecule has 1 aromatic carbocycles. The molecule has 0 unspecified atom stereocenters. The van der Waals surface area contributed by atoms with E-state index < -0.39 is 12.0 Å². The van der Waals surface area contributed by atoms with Crippen LogP contribution in [0.15, 0.2) is 30.5 Å². The van der Waals surface area contributed by atoms with Gasteiger partial charge in [-0.1, -0.05) is 26.0 Å². The quantitative estimate of drug-likeness (QED) is 0.546. The Morgan fingerprint density at radius 1 is 1.24 bits per heavy atom. The van der Waals surface area contributed by atoms with Crippen LogP contribution in [-0.4, -0.2) is 69.4 Å². The molecule has 0 amide bonds. The Kier molecular flexibility index (Phi) is 7.47. The van der Waals surface area contributed by atoms with Crippen molar-refractivity contribution in [2.45, 2.75) is 89.3 Å². The Morgan fingerprint density at radius 2 is 2.00 bits per heavy atom. The molecule has 2 heterocycles. The Morgan fingerprint density at radius 3 is 2.65 bits per heavy atom. The van der Waals surface area contributed by atoms with Gasteiger partial charge in [-0.25, -0.2) is 4.39 Å². The van der Waals surface area contributed by atoms with Gasteiger partial charge in [-0.15, -0.1) is 0 Å². The number of aliphatic carboxylic acids is 1. The fourth-order valence-corrected chi connectivity index (χ4v) is 7.87. The molecule has 1 saturated carbocycles. The zero-order valence-electron chi connectivity index (χ0n) is 22.9. The fourth-order valence-electron chi connectivity index (χ4n) is 7.87. The van der Waals surface area contributed by atoms with Crippen molar-refractivity contribution in [1.82, 2.24) is 19.6 Å². The average molecular weight is 511 g/mol. The third-order valence-electron chi connectivity index (χ3n) is 9.74. The van der Waals surface area contributed by atoms with E-state index >= 15 is 0 Å². The second kappa shape index (κ2) is 10.5. The monoisotopic (exact) mass is 510 g/mol. The summed E-state index contributed by atoms with van der Waals surface area (Å²) in [4.78, 5) is 16.8. The number of nitrogens with zero attached hydrogens (tertiary/aromatic N) is 4. The van der Waals surface area contributed by atoms with Crippen LogP contribution in [0.5, 0.6) is 0 Å². The Labute approximate surface area is 220 Å². The minimum absolute atomic E-state index is 0.0281. The van der Waals surface area contributed by atoms with Crippen LogP contribution in [0.3, 0.4) is 0 Å². The van der Waals surface area contributed by atoms with E-state index in [1.807, 2.05) is 27.0 Å². The number of carboxylic acids is 1. The molecule has 5 rings (SSSR count). The van der Waals surface area contributed by atoms with Crippen LogP contribution in [0.2, 0.25) is 0 Å². The van der Waals surface area contributed by atoms with Crippen molar-refractivity contribution in [3.05, 3.63) is 53.1 Å². The molecular formula is C30H43FN4O2. The predicted octanol–water partition coefficient (Wildman–Crippen LogP) is 4.93. The highest BCUT2D eigenvalue weighted by atomic mass is 19.1. The van der Waals surface area contributed by atoms with Gasteiger partial charge in [-0.3, -0.25) is 14.4 Å². The van der Waals surface area contributed by atoms with Crippen LogP contribution in [0.4, 0.5) is 4.39 Å². The van der Waals surface area contributed by atoms with Gasteiger partial charge in [-0.2, -0.15) is 5.10 Å². The van der Waals surface area contributed by atoms with Gasteiger partial charge in [0.1, 0.15) is 11.9 Å². The number of likely N-dealkylation sites (N-methyl/N-ethyl adjacent to an activating group) is 1. The number of hydrogen-bond acceptors (Lipinski definition) is 4. The number of aromatic nitrogens is 2. The molecule has 202 valence electrons. The summed E-state index contributed by atoms with van der Waals surface area (Å²) >= 11 is 0. The van der Waals surface area contributed by atoms with Gasteiger partial charge >= 0.3 is 5.97 Å². The smallest absolute Gasteiger partial charge is 0.321 e. The van der Waals surface area contributed by atoms with E-state index in [1.54, 1.807) is 6.07 Å². The largest absolute Gasteiger partial charge is 0.480 e. The zero-order valence-corrected chi connectivity index (χ0v) is 22.9. The summed E-state index contributed by atoms with van der Waals surface area (Å²) in [5, 5.41) is 14.6. The van der Waals surface area contributed by atoms with Gasteiger partial charge in [0.15, 0.2) is 0 Å². The molecule has 1 saturated heterocycles. The van der Waals surface area contributed by atoms with Crippen molar-refractivity contribution in [2.24, 2.45) is 11.8 Å². The number of halogens is 1. The lowest BCUT2D eigenvalue weighted by molar-refractivity contribution is -0.145. The number of aryl methyl sites for hydroxylation is 2. The average Bonchev–Trinajstić information content (AvgIpc) is 3.56. The summed E-state index contributed by atoms with van der Waals surface area (Å²) in [6.07, 6.45) is 8.62. The van der Waals surface area contributed by atoms with Crippen molar-refractivity contribution in [3.8, 4) is 0 Å². The number of rotatable bonds is 8. The van der Waals surface area contributed by atoms with Crippen LogP contribution >= 0.6 is 0 Å². The SMILES string of the molecule is CCn1ncc2c1C1(CC2)CCN(C[C@H]2C[C@H](N(C)[C@@H](C(=O)O)C(C)C)C[C@@H]2c2cccc(F)c2)CC1. The fraction of sp³-hybridized carbons (Fsp3) is 0.667. The molecule has 0 radical (unpaired) electrons. The van der Waals surface area contributed by atoms with Gasteiger partial charge in [-0.05, 0) is 107 Å². The molecule has 37 heavy (non-hydrogen) atoms. The normalized spacial score (nSPS) is 26.3. The highest BCUT2D eigenvalue weighted by Crippen LogP contribution is 2.48. The first-order valence-electron chi connectivity index (χ1n) is 14.2. The minimum Gasteiger partial charge on any atom is -0.480 e. The van der Waals surface area contributed by atoms with E-state index in [-0.39, 0.29) is 29.1 Å². The number of fused-ring (bicyclic) bond motifs is 2. The molecule has 6 nitrogen and oxygen atoms in total. The van der Waals surface area contributed by atoms with Crippen molar-refractivity contribution < 1.29 is 14.3 Å². The summed E-state index contributed by atoms with van der Waals surface area (Å²) in [5.41, 5.74) is 4.26. The van der Waals surface area contributed by atoms with Crippen LogP contribution in [0, 0.1) is 17.7 Å². The Bertz CT molecular complexity index is 1110. The topological polar surface area (TPSA) is 61.6 Å². The first-order valence-corrected chi connectivity index (χ1v) is 14.2. The summed E-state index contributed by atoms with van der Waals surface area (Å²) < 4.78 is 16.4. The maximum Gasteiger partial charge on any atom is 0.321 e. The van der Waals surface area contributed by atoms with E-state index in [0.717, 1.165) is 51.0 Å². The van der Waals surface area contributed by atoms with Crippen molar-refractivity contribution in [3.63, 3.8) is 0 Å². The molecule has 3 aliphatic rings. The molecule has 1 N–H and O–H groups in total. The third-order valence-corrected chi connectivity index (χ3v) is 9.74. The maximum absolute atomic E-state index is 14.2. The van der Waals surface area contributed by atoms with E-state index in [2.05, 4.69) is 38.8 Å². The summed E-state index contributed by atoms with van der Waals surface area (Å²) in [7, 11) is 1.97. The van der Waals surface area contributed by atoms with Crippen molar-refractivity contribution in [1.29, 1.82) is 0 Å². The summed E-state index contributed by atoms with van der Waals surface area (Å²) in [5.74, 6) is -0.305. The first kappa shape index (κ1) is 26.4. The lowest BCUT2D eigenvalue weighted by atomic mass is 9.75. The summed E-state index contributed by atoms with van der Waals surface area (Å²) in [6.45, 7) is 10.2. The van der Waals surface area contributed by atoms with E-state index in [9.17, 15) is 14.3 Å². The van der Waals surface area contributed by atoms with Crippen LogP contribution in [-0.2, 0) is 23.2 Å². The number of likely N-dealkylation sites (tertiary alicyclic amines) is 1. The molecule has 7 heteroatoms. The molecule has 1 aromatic heterocycles. The molecule has 1 spiro atoms. The standard InChI is InChI=1S/C30H43FN4O2/c1-5-35-28-22(18-32-35)9-10-30(28)11-13-34(14-12-30)19-23-16-25(33(4)27(20(2)3)29(36)37)17-26(23)21-7-6-8-24(31)15-21/h6-8,15,18,20,23,25-27H,5,9-14,16-17,19H2,1-4H3,(H,36,37)/t23-,25+,26-,27-/m1/s1. The molecule has 1 aliphatic heterocycles. The number of benzene rings is 1. The molecule has 4 atom stereocenters. The predicted molar refractivity (Wildman–Crippen MR) is 143 cm³/mol. The van der Waals surface area contributed by atoms with Gasteiger partial charge < -0.3 is 10.0 Å². The van der Waals surface area contributed by atoms with Gasteiger partial charge in [0, 0.05) is 30.2 Å².